The molecule has 0 aliphatic heterocycles. The van der Waals surface area contributed by atoms with Gasteiger partial charge < -0.3 is 9.92 Å². The summed E-state index contributed by atoms with van der Waals surface area (Å²) >= 11 is 8.12. The van der Waals surface area contributed by atoms with Crippen LogP contribution < -0.4 is 5.73 Å². The van der Waals surface area contributed by atoms with Crippen molar-refractivity contribution in [3.8, 4) is 0 Å². The molecule has 0 aliphatic carbocycles. The van der Waals surface area contributed by atoms with Gasteiger partial charge in [-0.25, -0.2) is 0 Å². The summed E-state index contributed by atoms with van der Waals surface area (Å²) in [5, 5.41) is -0.400. The van der Waals surface area contributed by atoms with Gasteiger partial charge in [0.1, 0.15) is 0 Å². The predicted octanol–water partition coefficient (Wildman–Crippen LogP) is -0.610. The molecule has 66 valence electrons. The van der Waals surface area contributed by atoms with E-state index in [9.17, 15) is 8.42 Å². The molecular weight excluding hydrogens is 210 g/mol. The number of thiol groups is 1. The average Bonchev–Trinajstić information content (AvgIpc) is 1.82. The lowest BCUT2D eigenvalue weighted by Gasteiger charge is -2.07. The van der Waals surface area contributed by atoms with Crippen LogP contribution in [-0.4, -0.2) is 29.8 Å². The maximum absolute atomic E-state index is 10.0. The molecule has 0 aromatic rings. The van der Waals surface area contributed by atoms with Crippen molar-refractivity contribution < 1.29 is 17.2 Å². The number of rotatable bonds is 3. The molecule has 0 aromatic carbocycles. The van der Waals surface area contributed by atoms with Crippen LogP contribution in [0.4, 0.5) is 0 Å². The van der Waals surface area contributed by atoms with Gasteiger partial charge >= 0.3 is 10.4 Å². The molecule has 3 N–H and O–H groups in total. The highest BCUT2D eigenvalue weighted by molar-refractivity contribution is 7.85. The summed E-state index contributed by atoms with van der Waals surface area (Å²) in [5.41, 5.74) is 5.21. The van der Waals surface area contributed by atoms with Crippen molar-refractivity contribution >= 4 is 40.3 Å². The molecule has 0 bridgehead atoms. The van der Waals surface area contributed by atoms with Crippen molar-refractivity contribution in [3.63, 3.8) is 0 Å². The Bertz CT molecular complexity index is 235. The number of hydrogen-bond acceptors (Lipinski definition) is 6. The second kappa shape index (κ2) is 4.21. The van der Waals surface area contributed by atoms with Crippen molar-refractivity contribution in [3.05, 3.63) is 0 Å². The Kier molecular flexibility index (Phi) is 4.26. The van der Waals surface area contributed by atoms with Crippen molar-refractivity contribution in [2.75, 3.05) is 5.75 Å². The molecule has 0 rings (SSSR count). The largest absolute Gasteiger partial charge is 0.447 e. The molecule has 0 fully saturated rings. The third kappa shape index (κ3) is 5.39. The van der Waals surface area contributed by atoms with Gasteiger partial charge in [0.25, 0.3) is 0 Å². The lowest BCUT2D eigenvalue weighted by atomic mass is 10.4. The van der Waals surface area contributed by atoms with Crippen LogP contribution in [0.3, 0.4) is 0 Å². The molecule has 11 heavy (non-hydrogen) atoms. The van der Waals surface area contributed by atoms with Gasteiger partial charge in [-0.1, -0.05) is 0 Å². The molecule has 0 unspecified atom stereocenters. The molecule has 0 radical (unpaired) electrons. The number of thiocarbonyl (C=S) groups is 1. The molecule has 0 spiro atoms. The zero-order chi connectivity index (χ0) is 9.07. The number of hydrogen-bond donors (Lipinski definition) is 3. The summed E-state index contributed by atoms with van der Waals surface area (Å²) in [6, 6.07) is -0.782. The minimum atomic E-state index is -4.53. The summed E-state index contributed by atoms with van der Waals surface area (Å²) in [5.74, 6) is 0.147. The van der Waals surface area contributed by atoms with E-state index < -0.39 is 21.5 Å². The topological polar surface area (TPSA) is 89.6 Å². The van der Waals surface area contributed by atoms with E-state index in [-0.39, 0.29) is 5.75 Å². The zero-order valence-electron chi connectivity index (χ0n) is 5.30. The van der Waals surface area contributed by atoms with Gasteiger partial charge in [-0.05, 0) is 12.2 Å². The van der Waals surface area contributed by atoms with Crippen molar-refractivity contribution in [2.24, 2.45) is 5.73 Å². The molecule has 0 aliphatic rings. The summed E-state index contributed by atoms with van der Waals surface area (Å²) in [6.07, 6.45) is 0. The molecule has 0 saturated carbocycles. The van der Waals surface area contributed by atoms with Gasteiger partial charge in [0.2, 0.25) is 5.05 Å². The van der Waals surface area contributed by atoms with E-state index in [0.717, 1.165) is 0 Å². The molecular formula is C3H7NO4S3. The van der Waals surface area contributed by atoms with Gasteiger partial charge in [0, 0.05) is 5.75 Å². The molecule has 5 nitrogen and oxygen atoms in total. The van der Waals surface area contributed by atoms with Crippen LogP contribution in [0.2, 0.25) is 0 Å². The Morgan fingerprint density at radius 2 is 2.27 bits per heavy atom. The predicted molar refractivity (Wildman–Crippen MR) is 47.1 cm³/mol. The maximum atomic E-state index is 10.0. The van der Waals surface area contributed by atoms with Gasteiger partial charge in [-0.3, -0.25) is 4.55 Å². The lowest BCUT2D eigenvalue weighted by molar-refractivity contribution is 0.380. The fraction of sp³-hybridized carbons (Fsp3) is 0.667. The molecule has 8 heteroatoms. The molecule has 0 saturated heterocycles. The highest BCUT2D eigenvalue weighted by atomic mass is 32.3. The fourth-order valence-electron chi connectivity index (χ4n) is 0.240. The third-order valence-corrected chi connectivity index (χ3v) is 1.96. The van der Waals surface area contributed by atoms with Gasteiger partial charge in [-0.15, -0.1) is 0 Å². The van der Waals surface area contributed by atoms with Crippen LogP contribution in [0.1, 0.15) is 0 Å². The highest BCUT2D eigenvalue weighted by Crippen LogP contribution is 1.95. The van der Waals surface area contributed by atoms with E-state index in [1.807, 2.05) is 0 Å². The Morgan fingerprint density at radius 1 is 1.82 bits per heavy atom. The van der Waals surface area contributed by atoms with Crippen LogP contribution in [-0.2, 0) is 14.6 Å². The summed E-state index contributed by atoms with van der Waals surface area (Å²) in [6.45, 7) is 0. The molecule has 1 atom stereocenters. The smallest absolute Gasteiger partial charge is 0.353 e. The first-order chi connectivity index (χ1) is 4.87. The summed E-state index contributed by atoms with van der Waals surface area (Å²) in [4.78, 5) is 0. The van der Waals surface area contributed by atoms with Gasteiger partial charge in [-0.2, -0.15) is 21.0 Å². The van der Waals surface area contributed by atoms with Crippen molar-refractivity contribution in [1.29, 1.82) is 0 Å². The first kappa shape index (κ1) is 11.1. The maximum Gasteiger partial charge on any atom is 0.447 e. The Labute approximate surface area is 75.3 Å². The monoisotopic (exact) mass is 217 g/mol. The second-order valence-corrected chi connectivity index (χ2v) is 3.41. The SMILES string of the molecule is N[C@@H](CS)C(=S)OS(=O)(=O)O. The van der Waals surface area contributed by atoms with Gasteiger partial charge in [0.05, 0.1) is 6.04 Å². The van der Waals surface area contributed by atoms with E-state index in [1.54, 1.807) is 0 Å². The van der Waals surface area contributed by atoms with E-state index >= 15 is 0 Å². The molecule has 0 heterocycles. The second-order valence-electron chi connectivity index (χ2n) is 1.62. The third-order valence-electron chi connectivity index (χ3n) is 0.687. The summed E-state index contributed by atoms with van der Waals surface area (Å²) < 4.78 is 32.0. The zero-order valence-corrected chi connectivity index (χ0v) is 7.82. The fourth-order valence-corrected chi connectivity index (χ4v) is 1.20. The van der Waals surface area contributed by atoms with Crippen LogP contribution in [0.25, 0.3) is 0 Å². The van der Waals surface area contributed by atoms with E-state index in [1.165, 1.54) is 0 Å². The van der Waals surface area contributed by atoms with Crippen LogP contribution >= 0.6 is 24.8 Å². The van der Waals surface area contributed by atoms with Crippen LogP contribution in [0.5, 0.6) is 0 Å². The first-order valence-corrected chi connectivity index (χ1v) is 4.84. The first-order valence-electron chi connectivity index (χ1n) is 2.44. The van der Waals surface area contributed by atoms with Crippen molar-refractivity contribution in [2.45, 2.75) is 6.04 Å². The van der Waals surface area contributed by atoms with E-state index in [4.69, 9.17) is 10.3 Å². The average molecular weight is 217 g/mol. The van der Waals surface area contributed by atoms with E-state index in [2.05, 4.69) is 29.0 Å². The normalized spacial score (nSPS) is 14.1. The van der Waals surface area contributed by atoms with Crippen molar-refractivity contribution in [1.82, 2.24) is 0 Å². The summed E-state index contributed by atoms with van der Waals surface area (Å²) in [7, 11) is -4.53. The van der Waals surface area contributed by atoms with E-state index in [0.29, 0.717) is 0 Å². The molecule has 0 aromatic heterocycles. The van der Waals surface area contributed by atoms with Crippen LogP contribution in [0, 0.1) is 0 Å². The minimum absolute atomic E-state index is 0.147. The highest BCUT2D eigenvalue weighted by Gasteiger charge is 2.15. The Balaban J connectivity index is 4.10. The number of nitrogens with two attached hydrogens (primary N) is 1. The minimum Gasteiger partial charge on any atom is -0.353 e. The van der Waals surface area contributed by atoms with Gasteiger partial charge in [0.15, 0.2) is 0 Å². The van der Waals surface area contributed by atoms with Crippen LogP contribution in [0.15, 0.2) is 0 Å². The Morgan fingerprint density at radius 3 is 2.55 bits per heavy atom. The quantitative estimate of drug-likeness (QED) is 0.332. The molecule has 0 amide bonds. The Hall–Kier alpha value is 0.110. The lowest BCUT2D eigenvalue weighted by Crippen LogP contribution is -2.33. The standard InChI is InChI=1S/C3H7NO4S3/c4-2(1-9)3(10)8-11(5,6)7/h2,9H,1,4H2,(H,5,6,7)/t2-/m0/s1.